The summed E-state index contributed by atoms with van der Waals surface area (Å²) in [4.78, 5) is 5.30. The lowest BCUT2D eigenvalue weighted by Crippen LogP contribution is -2.22. The minimum atomic E-state index is 0.277. The molecule has 3 aromatic rings. The predicted octanol–water partition coefficient (Wildman–Crippen LogP) is 2.19. The molecule has 1 aromatic carbocycles. The van der Waals surface area contributed by atoms with Gasteiger partial charge in [-0.15, -0.1) is 11.8 Å². The van der Waals surface area contributed by atoms with E-state index in [0.29, 0.717) is 22.8 Å². The minimum Gasteiger partial charge on any atom is -0.404 e. The van der Waals surface area contributed by atoms with Gasteiger partial charge in [-0.3, -0.25) is 10.4 Å². The lowest BCUT2D eigenvalue weighted by atomic mass is 10.2. The number of nitrogens with zero attached hydrogens (tertiary/aromatic N) is 3. The fourth-order valence-corrected chi connectivity index (χ4v) is 3.13. The highest BCUT2D eigenvalue weighted by Crippen LogP contribution is 2.26. The topological polar surface area (TPSA) is 130 Å². The van der Waals surface area contributed by atoms with Gasteiger partial charge in [0.2, 0.25) is 0 Å². The Labute approximate surface area is 148 Å². The third-order valence-electron chi connectivity index (χ3n) is 3.64. The molecular weight excluding hydrogens is 334 g/mol. The number of anilines is 1. The van der Waals surface area contributed by atoms with Crippen molar-refractivity contribution in [3.63, 3.8) is 0 Å². The zero-order chi connectivity index (χ0) is 17.8. The third kappa shape index (κ3) is 3.53. The smallest absolute Gasteiger partial charge is 0.142 e. The molecular formula is C17H17N7S. The summed E-state index contributed by atoms with van der Waals surface area (Å²) in [5.41, 5.74) is 14.4. The van der Waals surface area contributed by atoms with E-state index in [1.165, 1.54) is 18.0 Å². The van der Waals surface area contributed by atoms with Crippen LogP contribution in [0.1, 0.15) is 5.69 Å². The number of benzene rings is 1. The average molecular weight is 351 g/mol. The van der Waals surface area contributed by atoms with Crippen LogP contribution in [0.4, 0.5) is 5.69 Å². The first-order chi connectivity index (χ1) is 12.1. The van der Waals surface area contributed by atoms with Gasteiger partial charge in [0, 0.05) is 40.2 Å². The van der Waals surface area contributed by atoms with Gasteiger partial charge in [0.25, 0.3) is 0 Å². The van der Waals surface area contributed by atoms with Crippen LogP contribution in [-0.2, 0) is 5.88 Å². The molecule has 7 nitrogen and oxygen atoms in total. The lowest BCUT2D eigenvalue weighted by molar-refractivity contribution is 0.664. The number of nitrogens with one attached hydrogen (secondary N) is 2. The maximum absolute atomic E-state index is 8.00. The van der Waals surface area contributed by atoms with Crippen molar-refractivity contribution in [3.8, 4) is 0 Å². The zero-order valence-corrected chi connectivity index (χ0v) is 14.1. The van der Waals surface area contributed by atoms with Gasteiger partial charge in [-0.05, 0) is 36.4 Å². The second-order valence-corrected chi connectivity index (χ2v) is 6.24. The molecule has 0 atom stereocenters. The van der Waals surface area contributed by atoms with Crippen molar-refractivity contribution >= 4 is 40.1 Å². The van der Waals surface area contributed by atoms with Gasteiger partial charge >= 0.3 is 0 Å². The van der Waals surface area contributed by atoms with Crippen molar-refractivity contribution in [1.82, 2.24) is 14.8 Å². The number of thioether (sulfide) groups is 1. The number of allylic oxidation sites excluding steroid dienone is 1. The van der Waals surface area contributed by atoms with Crippen molar-refractivity contribution in [2.45, 2.75) is 10.8 Å². The molecule has 0 bridgehead atoms. The molecule has 0 saturated carbocycles. The fraction of sp³-hybridized carbons (Fsp3) is 0.0588. The number of nitrogens with two attached hydrogens (primary N) is 2. The highest BCUT2D eigenvalue weighted by atomic mass is 32.2. The van der Waals surface area contributed by atoms with Gasteiger partial charge in [0.15, 0.2) is 0 Å². The van der Waals surface area contributed by atoms with E-state index in [1.54, 1.807) is 29.1 Å². The molecule has 0 fully saturated rings. The van der Waals surface area contributed by atoms with Crippen molar-refractivity contribution in [2.75, 3.05) is 5.73 Å². The summed E-state index contributed by atoms with van der Waals surface area (Å²) in [5.74, 6) is 0.453. The molecule has 126 valence electrons. The van der Waals surface area contributed by atoms with Crippen LogP contribution in [0.2, 0.25) is 0 Å². The molecule has 3 rings (SSSR count). The van der Waals surface area contributed by atoms with Gasteiger partial charge in [0.05, 0.1) is 17.1 Å². The summed E-state index contributed by atoms with van der Waals surface area (Å²) in [7, 11) is 0. The second kappa shape index (κ2) is 7.18. The molecule has 0 unspecified atom stereocenters. The summed E-state index contributed by atoms with van der Waals surface area (Å²) >= 11 is 1.54. The first-order valence-corrected chi connectivity index (χ1v) is 8.43. The van der Waals surface area contributed by atoms with Gasteiger partial charge in [-0.25, -0.2) is 4.68 Å². The van der Waals surface area contributed by atoms with Gasteiger partial charge in [-0.2, -0.15) is 5.10 Å². The number of fused-ring (bicyclic) bond motifs is 1. The molecule has 0 amide bonds. The number of nitrogen functional groups attached to an aromatic ring is 1. The average Bonchev–Trinajstić information content (AvgIpc) is 2.63. The Morgan fingerprint density at radius 3 is 2.84 bits per heavy atom. The maximum Gasteiger partial charge on any atom is 0.142 e. The molecule has 0 saturated heterocycles. The Morgan fingerprint density at radius 2 is 2.08 bits per heavy atom. The largest absolute Gasteiger partial charge is 0.404 e. The first kappa shape index (κ1) is 16.7. The number of hydrogen-bond acceptors (Lipinski definition) is 7. The Balaban J connectivity index is 1.86. The Hall–Kier alpha value is -3.13. The fourth-order valence-electron chi connectivity index (χ4n) is 2.29. The van der Waals surface area contributed by atoms with Crippen LogP contribution in [0.25, 0.3) is 16.5 Å². The molecule has 0 radical (unpaired) electrons. The third-order valence-corrected chi connectivity index (χ3v) is 4.60. The molecule has 2 aromatic heterocycles. The Kier molecular flexibility index (Phi) is 4.80. The summed E-state index contributed by atoms with van der Waals surface area (Å²) in [6, 6.07) is 11.0. The summed E-state index contributed by atoms with van der Waals surface area (Å²) in [6.45, 7) is 0. The van der Waals surface area contributed by atoms with Gasteiger partial charge < -0.3 is 16.9 Å². The Morgan fingerprint density at radius 1 is 1.24 bits per heavy atom. The van der Waals surface area contributed by atoms with E-state index in [4.69, 9.17) is 22.3 Å². The highest BCUT2D eigenvalue weighted by Gasteiger charge is 2.05. The molecule has 2 heterocycles. The normalized spacial score (nSPS) is 11.6. The van der Waals surface area contributed by atoms with Crippen molar-refractivity contribution in [2.24, 2.45) is 5.73 Å². The molecule has 0 aliphatic carbocycles. The maximum atomic E-state index is 8.00. The standard InChI is InChI=1S/C17H17N7S/c18-8-11(9-19)15-3-4-17(21)24(23-15)10-25-12-1-2-16-13(7-12)14(20)5-6-22-16/h1-9,18,21H,10,19H2,(H2,20,22)/b11-9+,18-8?,21-17?. The number of pyridine rings is 1. The molecule has 0 aliphatic heterocycles. The zero-order valence-electron chi connectivity index (χ0n) is 13.3. The monoisotopic (exact) mass is 351 g/mol. The summed E-state index contributed by atoms with van der Waals surface area (Å²) < 4.78 is 1.56. The van der Waals surface area contributed by atoms with Crippen LogP contribution in [0.5, 0.6) is 0 Å². The van der Waals surface area contributed by atoms with Crippen molar-refractivity contribution in [3.05, 3.63) is 60.0 Å². The molecule has 0 aliphatic rings. The van der Waals surface area contributed by atoms with Crippen molar-refractivity contribution in [1.29, 1.82) is 10.8 Å². The van der Waals surface area contributed by atoms with Crippen LogP contribution in [-0.4, -0.2) is 21.0 Å². The minimum absolute atomic E-state index is 0.277. The van der Waals surface area contributed by atoms with E-state index in [0.717, 1.165) is 22.0 Å². The van der Waals surface area contributed by atoms with Gasteiger partial charge in [-0.1, -0.05) is 0 Å². The highest BCUT2D eigenvalue weighted by molar-refractivity contribution is 7.98. The second-order valence-electron chi connectivity index (χ2n) is 5.22. The van der Waals surface area contributed by atoms with E-state index in [-0.39, 0.29) is 5.49 Å². The predicted molar refractivity (Wildman–Crippen MR) is 101 cm³/mol. The number of hydrogen-bond donors (Lipinski definition) is 4. The van der Waals surface area contributed by atoms with E-state index in [1.807, 2.05) is 18.2 Å². The lowest BCUT2D eigenvalue weighted by Gasteiger charge is -2.09. The van der Waals surface area contributed by atoms with E-state index in [2.05, 4.69) is 10.1 Å². The van der Waals surface area contributed by atoms with Crippen LogP contribution in [0.15, 0.2) is 53.7 Å². The van der Waals surface area contributed by atoms with Crippen LogP contribution in [0, 0.1) is 10.8 Å². The van der Waals surface area contributed by atoms with Crippen LogP contribution in [0.3, 0.4) is 0 Å². The molecule has 8 heteroatoms. The number of aromatic nitrogens is 3. The van der Waals surface area contributed by atoms with Crippen LogP contribution < -0.4 is 17.0 Å². The summed E-state index contributed by atoms with van der Waals surface area (Å²) in [5, 5.41) is 20.7. The van der Waals surface area contributed by atoms with Crippen LogP contribution >= 0.6 is 11.8 Å². The summed E-state index contributed by atoms with van der Waals surface area (Å²) in [6.07, 6.45) is 4.16. The van der Waals surface area contributed by atoms with Gasteiger partial charge in [0.1, 0.15) is 5.49 Å². The molecule has 25 heavy (non-hydrogen) atoms. The Bertz CT molecular complexity index is 1020. The van der Waals surface area contributed by atoms with Crippen molar-refractivity contribution < 1.29 is 0 Å². The van der Waals surface area contributed by atoms with E-state index in [9.17, 15) is 0 Å². The van der Waals surface area contributed by atoms with E-state index < -0.39 is 0 Å². The SMILES string of the molecule is N=C/C(=C\N)c1ccc(=N)n(CSc2ccc3nccc(N)c3c2)n1. The first-order valence-electron chi connectivity index (χ1n) is 7.45. The molecule has 6 N–H and O–H groups in total. The quantitative estimate of drug-likeness (QED) is 0.413. The molecule has 0 spiro atoms. The number of rotatable bonds is 5. The van der Waals surface area contributed by atoms with E-state index >= 15 is 0 Å².